The van der Waals surface area contributed by atoms with Gasteiger partial charge in [-0.1, -0.05) is 39.3 Å². The Hall–Kier alpha value is -2.01. The Balaban J connectivity index is 2.22. The molecule has 3 rings (SSSR count). The highest BCUT2D eigenvalue weighted by Gasteiger charge is 2.21. The van der Waals surface area contributed by atoms with Crippen LogP contribution in [0, 0.1) is 6.92 Å². The Labute approximate surface area is 118 Å². The van der Waals surface area contributed by atoms with Crippen molar-refractivity contribution >= 4 is 21.8 Å². The van der Waals surface area contributed by atoms with E-state index in [1.165, 1.54) is 0 Å². The van der Waals surface area contributed by atoms with Crippen LogP contribution >= 0.6 is 15.9 Å². The number of hydrogen-bond donors (Lipinski definition) is 1. The monoisotopic (exact) mass is 318 g/mol. The number of nitrogen functional groups attached to an aromatic ring is 1. The first kappa shape index (κ1) is 12.0. The molecular formula is C14H11BrN2O2. The third kappa shape index (κ3) is 2.06. The van der Waals surface area contributed by atoms with Crippen LogP contribution in [-0.4, -0.2) is 5.16 Å². The van der Waals surface area contributed by atoms with E-state index in [1.807, 2.05) is 43.3 Å². The standard InChI is InChI=1S/C14H11BrN2O2/c1-8-6-7-11(18-8)13-12(14(16)19-17-13)9-4-2-3-5-10(9)15/h2-7H,16H2,1H3. The number of nitrogens with zero attached hydrogens (tertiary/aromatic N) is 1. The Bertz CT molecular complexity index is 731. The first-order valence-electron chi connectivity index (χ1n) is 5.73. The maximum absolute atomic E-state index is 5.89. The number of halogens is 1. The molecule has 4 nitrogen and oxygen atoms in total. The lowest BCUT2D eigenvalue weighted by molar-refractivity contribution is 0.435. The highest BCUT2D eigenvalue weighted by atomic mass is 79.9. The summed E-state index contributed by atoms with van der Waals surface area (Å²) >= 11 is 3.51. The second-order valence-electron chi connectivity index (χ2n) is 4.16. The maximum atomic E-state index is 5.89. The molecule has 5 heteroatoms. The van der Waals surface area contributed by atoms with Crippen LogP contribution in [0.15, 0.2) is 49.8 Å². The molecule has 0 bridgehead atoms. The quantitative estimate of drug-likeness (QED) is 0.766. The minimum atomic E-state index is 0.274. The SMILES string of the molecule is Cc1ccc(-c2noc(N)c2-c2ccccc2Br)o1. The fourth-order valence-corrected chi connectivity index (χ4v) is 2.44. The van der Waals surface area contributed by atoms with Crippen LogP contribution in [0.4, 0.5) is 5.88 Å². The normalized spacial score (nSPS) is 10.8. The predicted molar refractivity (Wildman–Crippen MR) is 76.5 cm³/mol. The summed E-state index contributed by atoms with van der Waals surface area (Å²) in [5, 5.41) is 4.00. The van der Waals surface area contributed by atoms with E-state index in [0.29, 0.717) is 11.5 Å². The van der Waals surface area contributed by atoms with Crippen LogP contribution in [-0.2, 0) is 0 Å². The summed E-state index contributed by atoms with van der Waals surface area (Å²) in [6.45, 7) is 1.88. The summed E-state index contributed by atoms with van der Waals surface area (Å²) < 4.78 is 11.6. The van der Waals surface area contributed by atoms with Crippen LogP contribution in [0.2, 0.25) is 0 Å². The van der Waals surface area contributed by atoms with E-state index in [2.05, 4.69) is 21.1 Å². The molecule has 0 aliphatic carbocycles. The second kappa shape index (κ2) is 4.59. The van der Waals surface area contributed by atoms with Gasteiger partial charge in [-0.15, -0.1) is 0 Å². The van der Waals surface area contributed by atoms with Gasteiger partial charge >= 0.3 is 0 Å². The summed E-state index contributed by atoms with van der Waals surface area (Å²) in [5.74, 6) is 1.73. The van der Waals surface area contributed by atoms with E-state index >= 15 is 0 Å². The van der Waals surface area contributed by atoms with Gasteiger partial charge in [-0.2, -0.15) is 0 Å². The van der Waals surface area contributed by atoms with Gasteiger partial charge in [0.1, 0.15) is 5.76 Å². The predicted octanol–water partition coefficient (Wildman–Crippen LogP) is 4.25. The van der Waals surface area contributed by atoms with E-state index in [1.54, 1.807) is 0 Å². The van der Waals surface area contributed by atoms with Gasteiger partial charge in [0, 0.05) is 10.0 Å². The largest absolute Gasteiger partial charge is 0.460 e. The summed E-state index contributed by atoms with van der Waals surface area (Å²) in [7, 11) is 0. The molecular weight excluding hydrogens is 308 g/mol. The average Bonchev–Trinajstić information content (AvgIpc) is 2.96. The second-order valence-corrected chi connectivity index (χ2v) is 5.01. The van der Waals surface area contributed by atoms with Crippen LogP contribution in [0.3, 0.4) is 0 Å². The molecule has 2 heterocycles. The van der Waals surface area contributed by atoms with Crippen LogP contribution < -0.4 is 5.73 Å². The molecule has 19 heavy (non-hydrogen) atoms. The number of aromatic nitrogens is 1. The van der Waals surface area contributed by atoms with Crippen molar-refractivity contribution in [3.8, 4) is 22.6 Å². The van der Waals surface area contributed by atoms with Gasteiger partial charge in [0.15, 0.2) is 11.5 Å². The number of benzene rings is 1. The number of aryl methyl sites for hydroxylation is 1. The topological polar surface area (TPSA) is 65.2 Å². The highest BCUT2D eigenvalue weighted by Crippen LogP contribution is 2.39. The molecule has 0 fully saturated rings. The Kier molecular flexibility index (Phi) is 2.91. The molecule has 0 saturated carbocycles. The summed E-state index contributed by atoms with van der Waals surface area (Å²) in [4.78, 5) is 0. The smallest absolute Gasteiger partial charge is 0.230 e. The maximum Gasteiger partial charge on any atom is 0.230 e. The molecule has 1 aromatic carbocycles. The van der Waals surface area contributed by atoms with Crippen molar-refractivity contribution in [2.75, 3.05) is 5.73 Å². The fourth-order valence-electron chi connectivity index (χ4n) is 1.96. The van der Waals surface area contributed by atoms with E-state index in [-0.39, 0.29) is 5.88 Å². The van der Waals surface area contributed by atoms with Gasteiger partial charge < -0.3 is 14.7 Å². The van der Waals surface area contributed by atoms with Crippen molar-refractivity contribution in [3.63, 3.8) is 0 Å². The molecule has 0 aliphatic rings. The van der Waals surface area contributed by atoms with Crippen LogP contribution in [0.1, 0.15) is 5.76 Å². The highest BCUT2D eigenvalue weighted by molar-refractivity contribution is 9.10. The summed E-state index contributed by atoms with van der Waals surface area (Å²) in [5.41, 5.74) is 8.16. The van der Waals surface area contributed by atoms with Crippen molar-refractivity contribution < 1.29 is 8.94 Å². The van der Waals surface area contributed by atoms with Gasteiger partial charge in [0.25, 0.3) is 0 Å². The molecule has 0 aliphatic heterocycles. The number of rotatable bonds is 2. The third-order valence-electron chi connectivity index (χ3n) is 2.84. The van der Waals surface area contributed by atoms with E-state index in [4.69, 9.17) is 14.7 Å². The Morgan fingerprint density at radius 3 is 2.63 bits per heavy atom. The van der Waals surface area contributed by atoms with Crippen molar-refractivity contribution in [1.29, 1.82) is 0 Å². The summed E-state index contributed by atoms with van der Waals surface area (Å²) in [6, 6.07) is 11.5. The lowest BCUT2D eigenvalue weighted by Gasteiger charge is -2.03. The molecule has 0 spiro atoms. The van der Waals surface area contributed by atoms with Gasteiger partial charge in [0.2, 0.25) is 5.88 Å². The van der Waals surface area contributed by atoms with Crippen LogP contribution in [0.5, 0.6) is 0 Å². The molecule has 0 atom stereocenters. The van der Waals surface area contributed by atoms with Gasteiger partial charge in [-0.05, 0) is 25.1 Å². The van der Waals surface area contributed by atoms with Crippen molar-refractivity contribution in [2.45, 2.75) is 6.92 Å². The number of anilines is 1. The number of hydrogen-bond acceptors (Lipinski definition) is 4. The first-order valence-corrected chi connectivity index (χ1v) is 6.53. The van der Waals surface area contributed by atoms with E-state index < -0.39 is 0 Å². The number of furan rings is 1. The van der Waals surface area contributed by atoms with Crippen LogP contribution in [0.25, 0.3) is 22.6 Å². The molecule has 96 valence electrons. The molecule has 0 amide bonds. The molecule has 2 N–H and O–H groups in total. The van der Waals surface area contributed by atoms with Gasteiger partial charge in [-0.25, -0.2) is 0 Å². The minimum Gasteiger partial charge on any atom is -0.460 e. The zero-order valence-corrected chi connectivity index (χ0v) is 11.8. The zero-order chi connectivity index (χ0) is 13.4. The lowest BCUT2D eigenvalue weighted by atomic mass is 10.0. The Morgan fingerprint density at radius 2 is 1.95 bits per heavy atom. The van der Waals surface area contributed by atoms with Gasteiger partial charge in [0.05, 0.1) is 5.56 Å². The molecule has 0 unspecified atom stereocenters. The average molecular weight is 319 g/mol. The summed E-state index contributed by atoms with van der Waals surface area (Å²) in [6.07, 6.45) is 0. The molecule has 0 saturated heterocycles. The van der Waals surface area contributed by atoms with Crippen molar-refractivity contribution in [1.82, 2.24) is 5.16 Å². The fraction of sp³-hybridized carbons (Fsp3) is 0.0714. The molecule has 2 aromatic heterocycles. The van der Waals surface area contributed by atoms with E-state index in [0.717, 1.165) is 21.4 Å². The lowest BCUT2D eigenvalue weighted by Crippen LogP contribution is -1.88. The van der Waals surface area contributed by atoms with Crippen molar-refractivity contribution in [2.24, 2.45) is 0 Å². The van der Waals surface area contributed by atoms with Gasteiger partial charge in [-0.3, -0.25) is 0 Å². The third-order valence-corrected chi connectivity index (χ3v) is 3.53. The van der Waals surface area contributed by atoms with Crippen molar-refractivity contribution in [3.05, 3.63) is 46.6 Å². The van der Waals surface area contributed by atoms with E-state index in [9.17, 15) is 0 Å². The zero-order valence-electron chi connectivity index (χ0n) is 10.2. The minimum absolute atomic E-state index is 0.274. The Morgan fingerprint density at radius 1 is 1.16 bits per heavy atom. The number of nitrogens with two attached hydrogens (primary N) is 1. The first-order chi connectivity index (χ1) is 9.16. The molecule has 3 aromatic rings. The molecule has 0 radical (unpaired) electrons.